The summed E-state index contributed by atoms with van der Waals surface area (Å²) in [6.07, 6.45) is 0.975. The molecule has 0 aliphatic carbocycles. The standard InChI is InChI=1S/C9H9BrCl2/c1-2-6-3-4-7(5-11)9(12)8(6)10/h3-4H,2,5H2,1H3. The zero-order valence-electron chi connectivity index (χ0n) is 6.70. The molecule has 0 fully saturated rings. The van der Waals surface area contributed by atoms with Gasteiger partial charge in [-0.1, -0.05) is 30.7 Å². The van der Waals surface area contributed by atoms with Crippen molar-refractivity contribution >= 4 is 39.1 Å². The highest BCUT2D eigenvalue weighted by atomic mass is 79.9. The summed E-state index contributed by atoms with van der Waals surface area (Å²) < 4.78 is 0.977. The maximum Gasteiger partial charge on any atom is 0.0594 e. The SMILES string of the molecule is CCc1ccc(CCl)c(Cl)c1Br. The molecule has 1 aromatic carbocycles. The molecule has 0 aliphatic heterocycles. The van der Waals surface area contributed by atoms with Gasteiger partial charge in [0.25, 0.3) is 0 Å². The van der Waals surface area contributed by atoms with Crippen LogP contribution in [-0.4, -0.2) is 0 Å². The van der Waals surface area contributed by atoms with Crippen molar-refractivity contribution in [3.63, 3.8) is 0 Å². The average Bonchev–Trinajstić information content (AvgIpc) is 2.10. The Bertz CT molecular complexity index is 255. The van der Waals surface area contributed by atoms with E-state index in [-0.39, 0.29) is 0 Å². The molecule has 1 rings (SSSR count). The van der Waals surface area contributed by atoms with Crippen molar-refractivity contribution < 1.29 is 0 Å². The van der Waals surface area contributed by atoms with Gasteiger partial charge in [-0.15, -0.1) is 11.6 Å². The van der Waals surface area contributed by atoms with Crippen LogP contribution in [0.25, 0.3) is 0 Å². The highest BCUT2D eigenvalue weighted by molar-refractivity contribution is 9.10. The predicted octanol–water partition coefficient (Wildman–Crippen LogP) is 4.40. The minimum atomic E-state index is 0.460. The second kappa shape index (κ2) is 4.50. The topological polar surface area (TPSA) is 0 Å². The van der Waals surface area contributed by atoms with Gasteiger partial charge in [-0.2, -0.15) is 0 Å². The lowest BCUT2D eigenvalue weighted by molar-refractivity contribution is 1.12. The van der Waals surface area contributed by atoms with Gasteiger partial charge in [0.15, 0.2) is 0 Å². The summed E-state index contributed by atoms with van der Waals surface area (Å²) in [7, 11) is 0. The van der Waals surface area contributed by atoms with E-state index in [0.717, 1.165) is 21.5 Å². The van der Waals surface area contributed by atoms with Gasteiger partial charge in [0, 0.05) is 10.4 Å². The van der Waals surface area contributed by atoms with Gasteiger partial charge in [-0.3, -0.25) is 0 Å². The summed E-state index contributed by atoms with van der Waals surface area (Å²) in [5.41, 5.74) is 2.19. The summed E-state index contributed by atoms with van der Waals surface area (Å²) in [6, 6.07) is 4.02. The largest absolute Gasteiger partial charge is 0.121 e. The van der Waals surface area contributed by atoms with Crippen LogP contribution < -0.4 is 0 Å². The van der Waals surface area contributed by atoms with E-state index in [4.69, 9.17) is 23.2 Å². The summed E-state index contributed by atoms with van der Waals surface area (Å²) in [5.74, 6) is 0.460. The van der Waals surface area contributed by atoms with Gasteiger partial charge in [0.2, 0.25) is 0 Å². The molecule has 0 unspecified atom stereocenters. The molecule has 0 N–H and O–H groups in total. The number of hydrogen-bond acceptors (Lipinski definition) is 0. The quantitative estimate of drug-likeness (QED) is 0.697. The lowest BCUT2D eigenvalue weighted by atomic mass is 10.1. The third-order valence-corrected chi connectivity index (χ3v) is 3.62. The maximum absolute atomic E-state index is 6.05. The van der Waals surface area contributed by atoms with Gasteiger partial charge in [-0.25, -0.2) is 0 Å². The first-order valence-corrected chi connectivity index (χ1v) is 5.43. The van der Waals surface area contributed by atoms with Crippen molar-refractivity contribution in [1.29, 1.82) is 0 Å². The van der Waals surface area contributed by atoms with Crippen LogP contribution in [0.3, 0.4) is 0 Å². The molecule has 0 bridgehead atoms. The molecule has 0 radical (unpaired) electrons. The van der Waals surface area contributed by atoms with Crippen molar-refractivity contribution in [2.75, 3.05) is 0 Å². The third kappa shape index (κ3) is 1.95. The molecule has 0 nitrogen and oxygen atoms in total. The molecule has 0 spiro atoms. The fourth-order valence-electron chi connectivity index (χ4n) is 1.01. The normalized spacial score (nSPS) is 10.3. The smallest absolute Gasteiger partial charge is 0.0594 e. The zero-order chi connectivity index (χ0) is 9.14. The molecule has 0 aliphatic rings. The van der Waals surface area contributed by atoms with Crippen LogP contribution in [0.5, 0.6) is 0 Å². The lowest BCUT2D eigenvalue weighted by Crippen LogP contribution is -1.87. The van der Waals surface area contributed by atoms with E-state index in [2.05, 4.69) is 22.9 Å². The fraction of sp³-hybridized carbons (Fsp3) is 0.333. The Balaban J connectivity index is 3.20. The van der Waals surface area contributed by atoms with Gasteiger partial charge in [0.05, 0.1) is 5.02 Å². The van der Waals surface area contributed by atoms with Crippen molar-refractivity contribution in [2.24, 2.45) is 0 Å². The second-order valence-corrected chi connectivity index (χ2v) is 3.94. The van der Waals surface area contributed by atoms with E-state index >= 15 is 0 Å². The predicted molar refractivity (Wildman–Crippen MR) is 58.1 cm³/mol. The number of benzene rings is 1. The maximum atomic E-state index is 6.05. The zero-order valence-corrected chi connectivity index (χ0v) is 9.80. The van der Waals surface area contributed by atoms with Crippen LogP contribution >= 0.6 is 39.1 Å². The van der Waals surface area contributed by atoms with Crippen LogP contribution in [0.2, 0.25) is 5.02 Å². The van der Waals surface area contributed by atoms with E-state index in [1.54, 1.807) is 0 Å². The Labute approximate surface area is 91.0 Å². The van der Waals surface area contributed by atoms with Crippen molar-refractivity contribution in [1.82, 2.24) is 0 Å². The van der Waals surface area contributed by atoms with E-state index in [1.165, 1.54) is 5.56 Å². The van der Waals surface area contributed by atoms with Crippen LogP contribution in [-0.2, 0) is 12.3 Å². The molecule has 1 aromatic rings. The minimum absolute atomic E-state index is 0.460. The Morgan fingerprint density at radius 2 is 1.92 bits per heavy atom. The molecule has 0 saturated carbocycles. The number of aryl methyl sites for hydroxylation is 1. The summed E-state index contributed by atoms with van der Waals surface area (Å²) in [4.78, 5) is 0. The van der Waals surface area contributed by atoms with Crippen LogP contribution in [0.15, 0.2) is 16.6 Å². The summed E-state index contributed by atoms with van der Waals surface area (Å²) in [5, 5.41) is 0.740. The molecule has 66 valence electrons. The summed E-state index contributed by atoms with van der Waals surface area (Å²) in [6.45, 7) is 2.09. The fourth-order valence-corrected chi connectivity index (χ4v) is 2.22. The van der Waals surface area contributed by atoms with Crippen molar-refractivity contribution in [3.8, 4) is 0 Å². The van der Waals surface area contributed by atoms with E-state index in [0.29, 0.717) is 5.88 Å². The second-order valence-electron chi connectivity index (χ2n) is 2.50. The molecule has 0 heterocycles. The van der Waals surface area contributed by atoms with Crippen molar-refractivity contribution in [2.45, 2.75) is 19.2 Å². The Morgan fingerprint density at radius 1 is 1.33 bits per heavy atom. The van der Waals surface area contributed by atoms with E-state index in [1.807, 2.05) is 12.1 Å². The monoisotopic (exact) mass is 266 g/mol. The molecule has 0 atom stereocenters. The van der Waals surface area contributed by atoms with Crippen LogP contribution in [0.4, 0.5) is 0 Å². The van der Waals surface area contributed by atoms with Gasteiger partial charge in [-0.05, 0) is 33.5 Å². The molecule has 0 amide bonds. The molecule has 0 saturated heterocycles. The Kier molecular flexibility index (Phi) is 3.88. The average molecular weight is 268 g/mol. The lowest BCUT2D eigenvalue weighted by Gasteiger charge is -2.06. The van der Waals surface area contributed by atoms with E-state index < -0.39 is 0 Å². The first-order valence-electron chi connectivity index (χ1n) is 3.72. The van der Waals surface area contributed by atoms with Crippen molar-refractivity contribution in [3.05, 3.63) is 32.8 Å². The minimum Gasteiger partial charge on any atom is -0.121 e. The van der Waals surface area contributed by atoms with Gasteiger partial charge >= 0.3 is 0 Å². The first-order chi connectivity index (χ1) is 5.70. The molecule has 12 heavy (non-hydrogen) atoms. The van der Waals surface area contributed by atoms with Crippen LogP contribution in [0.1, 0.15) is 18.1 Å². The van der Waals surface area contributed by atoms with Gasteiger partial charge in [0.1, 0.15) is 0 Å². The number of hydrogen-bond donors (Lipinski definition) is 0. The Morgan fingerprint density at radius 3 is 2.42 bits per heavy atom. The molecule has 0 aromatic heterocycles. The first kappa shape index (κ1) is 10.4. The number of rotatable bonds is 2. The number of halogens is 3. The summed E-state index contributed by atoms with van der Waals surface area (Å²) >= 11 is 15.2. The Hall–Kier alpha value is 0.280. The highest BCUT2D eigenvalue weighted by Gasteiger charge is 2.06. The molecular weight excluding hydrogens is 259 g/mol. The van der Waals surface area contributed by atoms with Gasteiger partial charge < -0.3 is 0 Å². The molecular formula is C9H9BrCl2. The number of alkyl halides is 1. The van der Waals surface area contributed by atoms with E-state index in [9.17, 15) is 0 Å². The third-order valence-electron chi connectivity index (χ3n) is 1.77. The highest BCUT2D eigenvalue weighted by Crippen LogP contribution is 2.30. The van der Waals surface area contributed by atoms with Crippen LogP contribution in [0, 0.1) is 0 Å². The molecule has 3 heteroatoms.